The number of hydrogen-bond donors (Lipinski definition) is 0. The van der Waals surface area contributed by atoms with E-state index in [4.69, 9.17) is 0 Å². The van der Waals surface area contributed by atoms with Gasteiger partial charge < -0.3 is 9.80 Å². The minimum absolute atomic E-state index is 0.00500. The van der Waals surface area contributed by atoms with E-state index in [0.29, 0.717) is 18.0 Å². The fraction of sp³-hybridized carbons (Fsp3) is 0.294. The van der Waals surface area contributed by atoms with E-state index >= 15 is 0 Å². The van der Waals surface area contributed by atoms with Crippen molar-refractivity contribution in [1.82, 2.24) is 9.88 Å². The van der Waals surface area contributed by atoms with Crippen molar-refractivity contribution in [2.45, 2.75) is 4.90 Å². The van der Waals surface area contributed by atoms with Gasteiger partial charge in [-0.25, -0.2) is 13.8 Å². The molecule has 2 heterocycles. The molecule has 0 unspecified atom stereocenters. The second-order valence-electron chi connectivity index (χ2n) is 5.42. The standard InChI is InChI=1S/C17H17F2N3OS/c18-14-5-4-13(11-15(14)19)24-12-17(23)22-9-7-21(8-10-22)16-3-1-2-6-20-16/h1-6,11H,7-10,12H2. The van der Waals surface area contributed by atoms with Crippen LogP contribution in [0.2, 0.25) is 0 Å². The number of carbonyl (C=O) groups excluding carboxylic acids is 1. The highest BCUT2D eigenvalue weighted by atomic mass is 32.2. The van der Waals surface area contributed by atoms with E-state index in [-0.39, 0.29) is 11.7 Å². The zero-order valence-electron chi connectivity index (χ0n) is 13.0. The van der Waals surface area contributed by atoms with Crippen molar-refractivity contribution in [3.8, 4) is 0 Å². The van der Waals surface area contributed by atoms with Gasteiger partial charge in [-0.1, -0.05) is 6.07 Å². The Labute approximate surface area is 143 Å². The Balaban J connectivity index is 1.49. The Morgan fingerprint density at radius 3 is 2.54 bits per heavy atom. The van der Waals surface area contributed by atoms with Gasteiger partial charge in [-0.2, -0.15) is 0 Å². The van der Waals surface area contributed by atoms with E-state index in [1.54, 1.807) is 11.1 Å². The molecule has 1 fully saturated rings. The lowest BCUT2D eigenvalue weighted by Crippen LogP contribution is -2.49. The number of aromatic nitrogens is 1. The zero-order chi connectivity index (χ0) is 16.9. The number of amides is 1. The SMILES string of the molecule is O=C(CSc1ccc(F)c(F)c1)N1CCN(c2ccccn2)CC1. The summed E-state index contributed by atoms with van der Waals surface area (Å²) in [5, 5.41) is 0. The molecule has 3 rings (SSSR count). The molecule has 24 heavy (non-hydrogen) atoms. The lowest BCUT2D eigenvalue weighted by molar-refractivity contribution is -0.128. The normalized spacial score (nSPS) is 14.8. The number of pyridine rings is 1. The number of thioether (sulfide) groups is 1. The summed E-state index contributed by atoms with van der Waals surface area (Å²) >= 11 is 1.22. The first-order valence-corrected chi connectivity index (χ1v) is 8.63. The van der Waals surface area contributed by atoms with Crippen LogP contribution in [-0.4, -0.2) is 47.7 Å². The summed E-state index contributed by atoms with van der Waals surface area (Å²) in [6.45, 7) is 2.73. The first-order valence-electron chi connectivity index (χ1n) is 7.65. The number of carbonyl (C=O) groups is 1. The van der Waals surface area contributed by atoms with Crippen LogP contribution in [-0.2, 0) is 4.79 Å². The number of benzene rings is 1. The molecule has 0 aliphatic carbocycles. The summed E-state index contributed by atoms with van der Waals surface area (Å²) < 4.78 is 26.1. The second kappa shape index (κ2) is 7.61. The number of anilines is 1. The Hall–Kier alpha value is -2.15. The molecule has 1 aromatic carbocycles. The van der Waals surface area contributed by atoms with Gasteiger partial charge in [0.05, 0.1) is 5.75 Å². The van der Waals surface area contributed by atoms with Crippen LogP contribution in [0.3, 0.4) is 0 Å². The molecule has 1 saturated heterocycles. The van der Waals surface area contributed by atoms with Crippen molar-refractivity contribution in [2.24, 2.45) is 0 Å². The molecule has 4 nitrogen and oxygen atoms in total. The number of halogens is 2. The third-order valence-corrected chi connectivity index (χ3v) is 4.84. The molecule has 0 radical (unpaired) electrons. The largest absolute Gasteiger partial charge is 0.353 e. The van der Waals surface area contributed by atoms with Crippen LogP contribution >= 0.6 is 11.8 Å². The van der Waals surface area contributed by atoms with Crippen molar-refractivity contribution in [3.05, 3.63) is 54.2 Å². The molecule has 2 aromatic rings. The molecule has 0 N–H and O–H groups in total. The first kappa shape index (κ1) is 16.7. The molecule has 7 heteroatoms. The molecule has 0 atom stereocenters. The van der Waals surface area contributed by atoms with Gasteiger partial charge in [-0.15, -0.1) is 11.8 Å². The summed E-state index contributed by atoms with van der Waals surface area (Å²) in [4.78, 5) is 21.1. The van der Waals surface area contributed by atoms with Crippen LogP contribution in [0.4, 0.5) is 14.6 Å². The molecular formula is C17H17F2N3OS. The molecule has 1 amide bonds. The quantitative estimate of drug-likeness (QED) is 0.796. The van der Waals surface area contributed by atoms with Crippen LogP contribution in [0.1, 0.15) is 0 Å². The van der Waals surface area contributed by atoms with Crippen LogP contribution in [0, 0.1) is 11.6 Å². The lowest BCUT2D eigenvalue weighted by Gasteiger charge is -2.35. The van der Waals surface area contributed by atoms with Crippen LogP contribution in [0.15, 0.2) is 47.5 Å². The van der Waals surface area contributed by atoms with Gasteiger partial charge in [0.2, 0.25) is 5.91 Å². The average molecular weight is 349 g/mol. The van der Waals surface area contributed by atoms with Crippen LogP contribution < -0.4 is 4.90 Å². The maximum absolute atomic E-state index is 13.2. The Kier molecular flexibility index (Phi) is 5.30. The van der Waals surface area contributed by atoms with Crippen molar-refractivity contribution < 1.29 is 13.6 Å². The number of nitrogens with zero attached hydrogens (tertiary/aromatic N) is 3. The number of hydrogen-bond acceptors (Lipinski definition) is 4. The number of rotatable bonds is 4. The molecule has 0 bridgehead atoms. The van der Waals surface area contributed by atoms with E-state index < -0.39 is 11.6 Å². The summed E-state index contributed by atoms with van der Waals surface area (Å²) in [6, 6.07) is 9.45. The van der Waals surface area contributed by atoms with Gasteiger partial charge in [-0.3, -0.25) is 4.79 Å². The predicted octanol–water partition coefficient (Wildman–Crippen LogP) is 2.80. The van der Waals surface area contributed by atoms with Crippen LogP contribution in [0.5, 0.6) is 0 Å². The molecule has 1 aliphatic heterocycles. The Morgan fingerprint density at radius 2 is 1.88 bits per heavy atom. The summed E-state index contributed by atoms with van der Waals surface area (Å²) in [5.74, 6) is -0.631. The molecule has 126 valence electrons. The van der Waals surface area contributed by atoms with Gasteiger partial charge in [0.25, 0.3) is 0 Å². The minimum atomic E-state index is -0.892. The van der Waals surface area contributed by atoms with Crippen molar-refractivity contribution in [2.75, 3.05) is 36.8 Å². The summed E-state index contributed by atoms with van der Waals surface area (Å²) in [5.41, 5.74) is 0. The van der Waals surface area contributed by atoms with Gasteiger partial charge in [0, 0.05) is 37.3 Å². The molecule has 1 aliphatic rings. The predicted molar refractivity (Wildman–Crippen MR) is 90.1 cm³/mol. The average Bonchev–Trinajstić information content (AvgIpc) is 2.63. The fourth-order valence-corrected chi connectivity index (χ4v) is 3.35. The Morgan fingerprint density at radius 1 is 1.08 bits per heavy atom. The van der Waals surface area contributed by atoms with E-state index in [1.165, 1.54) is 17.8 Å². The summed E-state index contributed by atoms with van der Waals surface area (Å²) in [6.07, 6.45) is 1.76. The third kappa shape index (κ3) is 4.03. The van der Waals surface area contributed by atoms with E-state index in [0.717, 1.165) is 31.0 Å². The number of piperazine rings is 1. The lowest BCUT2D eigenvalue weighted by atomic mass is 10.3. The van der Waals surface area contributed by atoms with Crippen LogP contribution in [0.25, 0.3) is 0 Å². The maximum Gasteiger partial charge on any atom is 0.233 e. The smallest absolute Gasteiger partial charge is 0.233 e. The van der Waals surface area contributed by atoms with Crippen molar-refractivity contribution in [3.63, 3.8) is 0 Å². The third-order valence-electron chi connectivity index (χ3n) is 3.86. The highest BCUT2D eigenvalue weighted by Crippen LogP contribution is 2.21. The van der Waals surface area contributed by atoms with Gasteiger partial charge in [0.15, 0.2) is 11.6 Å². The second-order valence-corrected chi connectivity index (χ2v) is 6.47. The molecular weight excluding hydrogens is 332 g/mol. The minimum Gasteiger partial charge on any atom is -0.353 e. The summed E-state index contributed by atoms with van der Waals surface area (Å²) in [7, 11) is 0. The molecule has 0 saturated carbocycles. The molecule has 1 aromatic heterocycles. The van der Waals surface area contributed by atoms with Gasteiger partial charge in [0.1, 0.15) is 5.82 Å². The van der Waals surface area contributed by atoms with Gasteiger partial charge >= 0.3 is 0 Å². The topological polar surface area (TPSA) is 36.4 Å². The first-order chi connectivity index (χ1) is 11.6. The van der Waals surface area contributed by atoms with E-state index in [1.807, 2.05) is 18.2 Å². The van der Waals surface area contributed by atoms with Crippen molar-refractivity contribution >= 4 is 23.5 Å². The monoisotopic (exact) mass is 349 g/mol. The fourth-order valence-electron chi connectivity index (χ4n) is 2.53. The highest BCUT2D eigenvalue weighted by Gasteiger charge is 2.21. The van der Waals surface area contributed by atoms with E-state index in [9.17, 15) is 13.6 Å². The van der Waals surface area contributed by atoms with E-state index in [2.05, 4.69) is 9.88 Å². The Bertz CT molecular complexity index is 706. The zero-order valence-corrected chi connectivity index (χ0v) is 13.8. The highest BCUT2D eigenvalue weighted by molar-refractivity contribution is 8.00. The maximum atomic E-state index is 13.2. The van der Waals surface area contributed by atoms with Gasteiger partial charge in [-0.05, 0) is 30.3 Å². The van der Waals surface area contributed by atoms with Crippen molar-refractivity contribution in [1.29, 1.82) is 0 Å². The molecule has 0 spiro atoms.